The van der Waals surface area contributed by atoms with Gasteiger partial charge in [0.1, 0.15) is 17.3 Å². The van der Waals surface area contributed by atoms with Crippen molar-refractivity contribution in [3.05, 3.63) is 71.4 Å². The van der Waals surface area contributed by atoms with Crippen molar-refractivity contribution in [2.45, 2.75) is 13.5 Å². The van der Waals surface area contributed by atoms with E-state index in [1.807, 2.05) is 30.3 Å². The Morgan fingerprint density at radius 2 is 1.82 bits per heavy atom. The van der Waals surface area contributed by atoms with E-state index in [1.54, 1.807) is 10.9 Å². The first-order chi connectivity index (χ1) is 10.5. The van der Waals surface area contributed by atoms with Crippen LogP contribution in [0.15, 0.2) is 48.7 Å². The monoisotopic (exact) mass is 299 g/mol. The molecule has 2 aromatic carbocycles. The van der Waals surface area contributed by atoms with Gasteiger partial charge >= 0.3 is 0 Å². The molecule has 0 fully saturated rings. The standard InChI is InChI=1S/C17H15F2N3/c1-11-7-15(19)13(8-14(11)18)17-16(20)10-22(21-17)9-12-5-3-2-4-6-12/h2-8,10H,9,20H2,1H3. The first-order valence-electron chi connectivity index (χ1n) is 6.87. The molecule has 0 amide bonds. The minimum absolute atomic E-state index is 0.0763. The van der Waals surface area contributed by atoms with E-state index in [-0.39, 0.29) is 16.8 Å². The van der Waals surface area contributed by atoms with Gasteiger partial charge in [0.15, 0.2) is 0 Å². The maximum absolute atomic E-state index is 14.1. The average molecular weight is 299 g/mol. The van der Waals surface area contributed by atoms with E-state index in [9.17, 15) is 8.78 Å². The molecule has 0 bridgehead atoms. The highest BCUT2D eigenvalue weighted by Crippen LogP contribution is 2.28. The number of rotatable bonds is 3. The molecule has 0 radical (unpaired) electrons. The number of nitrogens with zero attached hydrogens (tertiary/aromatic N) is 2. The van der Waals surface area contributed by atoms with Gasteiger partial charge in [-0.05, 0) is 30.2 Å². The second-order valence-corrected chi connectivity index (χ2v) is 5.20. The van der Waals surface area contributed by atoms with Crippen molar-refractivity contribution in [2.75, 3.05) is 5.73 Å². The fourth-order valence-electron chi connectivity index (χ4n) is 2.33. The summed E-state index contributed by atoms with van der Waals surface area (Å²) in [6, 6.07) is 12.0. The van der Waals surface area contributed by atoms with Gasteiger partial charge in [-0.2, -0.15) is 5.10 Å². The second-order valence-electron chi connectivity index (χ2n) is 5.20. The normalized spacial score (nSPS) is 10.9. The molecule has 3 aromatic rings. The second kappa shape index (κ2) is 5.60. The molecule has 1 heterocycles. The van der Waals surface area contributed by atoms with Crippen molar-refractivity contribution in [1.82, 2.24) is 9.78 Å². The fourth-order valence-corrected chi connectivity index (χ4v) is 2.33. The Hall–Kier alpha value is -2.69. The minimum atomic E-state index is -0.532. The molecular weight excluding hydrogens is 284 g/mol. The lowest BCUT2D eigenvalue weighted by Gasteiger charge is -2.04. The van der Waals surface area contributed by atoms with Crippen LogP contribution in [0.2, 0.25) is 0 Å². The van der Waals surface area contributed by atoms with Crippen LogP contribution >= 0.6 is 0 Å². The number of halogens is 2. The van der Waals surface area contributed by atoms with E-state index >= 15 is 0 Å². The van der Waals surface area contributed by atoms with Gasteiger partial charge in [0.25, 0.3) is 0 Å². The summed E-state index contributed by atoms with van der Waals surface area (Å²) in [5.41, 5.74) is 7.86. The molecule has 0 aliphatic rings. The third kappa shape index (κ3) is 2.70. The molecule has 1 aromatic heterocycles. The fraction of sp³-hybridized carbons (Fsp3) is 0.118. The van der Waals surface area contributed by atoms with Crippen LogP contribution in [-0.2, 0) is 6.54 Å². The average Bonchev–Trinajstić information content (AvgIpc) is 2.84. The lowest BCUT2D eigenvalue weighted by Crippen LogP contribution is -2.00. The summed E-state index contributed by atoms with van der Waals surface area (Å²) in [7, 11) is 0. The highest BCUT2D eigenvalue weighted by atomic mass is 19.1. The molecule has 0 aliphatic heterocycles. The number of nitrogens with two attached hydrogens (primary N) is 1. The SMILES string of the molecule is Cc1cc(F)c(-c2nn(Cc3ccccc3)cc2N)cc1F. The summed E-state index contributed by atoms with van der Waals surface area (Å²) in [4.78, 5) is 0. The quantitative estimate of drug-likeness (QED) is 0.800. The number of nitrogen functional groups attached to an aromatic ring is 1. The lowest BCUT2D eigenvalue weighted by molar-refractivity contribution is 0.594. The first kappa shape index (κ1) is 14.3. The van der Waals surface area contributed by atoms with Gasteiger partial charge in [-0.1, -0.05) is 30.3 Å². The van der Waals surface area contributed by atoms with Gasteiger partial charge in [-0.25, -0.2) is 8.78 Å². The van der Waals surface area contributed by atoms with Gasteiger partial charge in [-0.15, -0.1) is 0 Å². The van der Waals surface area contributed by atoms with E-state index in [0.29, 0.717) is 12.2 Å². The predicted octanol–water partition coefficient (Wildman–Crippen LogP) is 3.77. The summed E-state index contributed by atoms with van der Waals surface area (Å²) in [5.74, 6) is -1.01. The minimum Gasteiger partial charge on any atom is -0.396 e. The zero-order chi connectivity index (χ0) is 15.7. The summed E-state index contributed by atoms with van der Waals surface area (Å²) in [6.07, 6.45) is 1.62. The van der Waals surface area contributed by atoms with Gasteiger partial charge in [-0.3, -0.25) is 4.68 Å². The van der Waals surface area contributed by atoms with Crippen molar-refractivity contribution in [2.24, 2.45) is 0 Å². The van der Waals surface area contributed by atoms with E-state index in [4.69, 9.17) is 5.73 Å². The maximum atomic E-state index is 14.1. The van der Waals surface area contributed by atoms with Crippen LogP contribution in [0.3, 0.4) is 0 Å². The Balaban J connectivity index is 1.98. The third-order valence-electron chi connectivity index (χ3n) is 3.48. The van der Waals surface area contributed by atoms with Gasteiger partial charge in [0, 0.05) is 11.8 Å². The number of hydrogen-bond donors (Lipinski definition) is 1. The summed E-state index contributed by atoms with van der Waals surface area (Å²) in [5, 5.41) is 4.29. The van der Waals surface area contributed by atoms with Crippen LogP contribution in [0.25, 0.3) is 11.3 Å². The van der Waals surface area contributed by atoms with Crippen LogP contribution in [0.5, 0.6) is 0 Å². The third-order valence-corrected chi connectivity index (χ3v) is 3.48. The van der Waals surface area contributed by atoms with E-state index in [1.165, 1.54) is 6.92 Å². The van der Waals surface area contributed by atoms with Crippen LogP contribution < -0.4 is 5.73 Å². The van der Waals surface area contributed by atoms with E-state index in [0.717, 1.165) is 17.7 Å². The Labute approximate surface area is 127 Å². The molecule has 0 saturated carbocycles. The van der Waals surface area contributed by atoms with Crippen LogP contribution in [0, 0.1) is 18.6 Å². The number of aromatic nitrogens is 2. The zero-order valence-corrected chi connectivity index (χ0v) is 12.1. The topological polar surface area (TPSA) is 43.8 Å². The van der Waals surface area contributed by atoms with Gasteiger partial charge in [0.2, 0.25) is 0 Å². The number of anilines is 1. The molecule has 0 saturated heterocycles. The van der Waals surface area contributed by atoms with Crippen molar-refractivity contribution in [1.29, 1.82) is 0 Å². The molecular formula is C17H15F2N3. The molecule has 22 heavy (non-hydrogen) atoms. The van der Waals surface area contributed by atoms with Crippen LogP contribution in [-0.4, -0.2) is 9.78 Å². The Bertz CT molecular complexity index is 810. The predicted molar refractivity (Wildman–Crippen MR) is 82.3 cm³/mol. The first-order valence-corrected chi connectivity index (χ1v) is 6.87. The van der Waals surface area contributed by atoms with Crippen molar-refractivity contribution >= 4 is 5.69 Å². The van der Waals surface area contributed by atoms with Crippen molar-refractivity contribution in [3.63, 3.8) is 0 Å². The summed E-state index contributed by atoms with van der Waals surface area (Å²) in [6.45, 7) is 2.03. The summed E-state index contributed by atoms with van der Waals surface area (Å²) >= 11 is 0. The molecule has 0 spiro atoms. The lowest BCUT2D eigenvalue weighted by atomic mass is 10.1. The van der Waals surface area contributed by atoms with Crippen LogP contribution in [0.1, 0.15) is 11.1 Å². The van der Waals surface area contributed by atoms with Crippen molar-refractivity contribution in [3.8, 4) is 11.3 Å². The van der Waals surface area contributed by atoms with Gasteiger partial charge in [0.05, 0.1) is 12.2 Å². The molecule has 3 rings (SSSR count). The van der Waals surface area contributed by atoms with Crippen molar-refractivity contribution < 1.29 is 8.78 Å². The largest absolute Gasteiger partial charge is 0.396 e. The Kier molecular flexibility index (Phi) is 3.63. The Morgan fingerprint density at radius 3 is 2.55 bits per heavy atom. The zero-order valence-electron chi connectivity index (χ0n) is 12.1. The molecule has 2 N–H and O–H groups in total. The highest BCUT2D eigenvalue weighted by molar-refractivity contribution is 5.72. The molecule has 0 aliphatic carbocycles. The Morgan fingerprint density at radius 1 is 1.09 bits per heavy atom. The number of benzene rings is 2. The van der Waals surface area contributed by atoms with E-state index < -0.39 is 11.6 Å². The number of aryl methyl sites for hydroxylation is 1. The smallest absolute Gasteiger partial charge is 0.133 e. The molecule has 112 valence electrons. The molecule has 0 unspecified atom stereocenters. The molecule has 5 heteroatoms. The van der Waals surface area contributed by atoms with Gasteiger partial charge < -0.3 is 5.73 Å². The highest BCUT2D eigenvalue weighted by Gasteiger charge is 2.15. The van der Waals surface area contributed by atoms with E-state index in [2.05, 4.69) is 5.10 Å². The number of hydrogen-bond acceptors (Lipinski definition) is 2. The molecule has 0 atom stereocenters. The van der Waals surface area contributed by atoms with Crippen LogP contribution in [0.4, 0.5) is 14.5 Å². The maximum Gasteiger partial charge on any atom is 0.133 e. The summed E-state index contributed by atoms with van der Waals surface area (Å²) < 4.78 is 29.4. The molecule has 3 nitrogen and oxygen atoms in total.